The Morgan fingerprint density at radius 2 is 0.527 bits per heavy atom. The highest BCUT2D eigenvalue weighted by Crippen LogP contribution is 2.14. The predicted molar refractivity (Wildman–Crippen MR) is 320 cm³/mol. The number of hydrogen-bond donors (Lipinski definition) is 0. The Hall–Kier alpha value is -4.19. The summed E-state index contributed by atoms with van der Waals surface area (Å²) in [6, 6.07) is 0. The number of allylic oxidation sites excluding steroid dienone is 20. The molecule has 74 heavy (non-hydrogen) atoms. The summed E-state index contributed by atoms with van der Waals surface area (Å²) in [5.74, 6) is -0.926. The molecule has 1 unspecified atom stereocenters. The van der Waals surface area contributed by atoms with Crippen LogP contribution in [0.1, 0.15) is 271 Å². The first-order valence-corrected chi connectivity index (χ1v) is 30.5. The fraction of sp³-hybridized carbons (Fsp3) is 0.662. The second-order valence-corrected chi connectivity index (χ2v) is 19.9. The first-order valence-electron chi connectivity index (χ1n) is 30.5. The molecule has 0 N–H and O–H groups in total. The van der Waals surface area contributed by atoms with Crippen LogP contribution in [-0.4, -0.2) is 37.2 Å². The van der Waals surface area contributed by atoms with Crippen molar-refractivity contribution in [3.8, 4) is 0 Å². The lowest BCUT2D eigenvalue weighted by Gasteiger charge is -2.18. The first kappa shape index (κ1) is 69.8. The van der Waals surface area contributed by atoms with Gasteiger partial charge in [-0.1, -0.05) is 258 Å². The van der Waals surface area contributed by atoms with Gasteiger partial charge in [0.15, 0.2) is 6.10 Å². The molecule has 0 aliphatic carbocycles. The summed E-state index contributed by atoms with van der Waals surface area (Å²) in [4.78, 5) is 38.1. The van der Waals surface area contributed by atoms with Gasteiger partial charge < -0.3 is 14.2 Å². The van der Waals surface area contributed by atoms with Crippen molar-refractivity contribution in [2.24, 2.45) is 0 Å². The van der Waals surface area contributed by atoms with Gasteiger partial charge in [-0.2, -0.15) is 0 Å². The number of rotatable bonds is 54. The highest BCUT2D eigenvalue weighted by Gasteiger charge is 2.19. The van der Waals surface area contributed by atoms with Gasteiger partial charge in [0.2, 0.25) is 0 Å². The van der Waals surface area contributed by atoms with Crippen molar-refractivity contribution in [3.05, 3.63) is 122 Å². The fourth-order valence-electron chi connectivity index (χ4n) is 8.13. The monoisotopic (exact) mass is 1020 g/mol. The van der Waals surface area contributed by atoms with Crippen LogP contribution >= 0.6 is 0 Å². The molecule has 0 saturated heterocycles. The van der Waals surface area contributed by atoms with E-state index in [4.69, 9.17) is 14.2 Å². The van der Waals surface area contributed by atoms with Crippen LogP contribution < -0.4 is 0 Å². The van der Waals surface area contributed by atoms with Crippen molar-refractivity contribution in [2.45, 2.75) is 277 Å². The van der Waals surface area contributed by atoms with Gasteiger partial charge in [-0.15, -0.1) is 0 Å². The van der Waals surface area contributed by atoms with E-state index in [2.05, 4.69) is 142 Å². The number of unbranched alkanes of at least 4 members (excludes halogenated alkanes) is 23. The summed E-state index contributed by atoms with van der Waals surface area (Å²) >= 11 is 0. The molecule has 0 aromatic carbocycles. The molecular weight excluding hydrogens is 913 g/mol. The number of ether oxygens (including phenoxy) is 3. The van der Waals surface area contributed by atoms with Crippen LogP contribution in [0.15, 0.2) is 122 Å². The van der Waals surface area contributed by atoms with Crippen LogP contribution in [0.2, 0.25) is 0 Å². The van der Waals surface area contributed by atoms with Crippen LogP contribution in [0.25, 0.3) is 0 Å². The van der Waals surface area contributed by atoms with E-state index in [0.29, 0.717) is 19.3 Å². The van der Waals surface area contributed by atoms with Crippen LogP contribution in [-0.2, 0) is 28.6 Å². The zero-order valence-corrected chi connectivity index (χ0v) is 48.1. The second-order valence-electron chi connectivity index (χ2n) is 19.9. The third-order valence-corrected chi connectivity index (χ3v) is 12.7. The number of carbonyl (C=O) groups excluding carboxylic acids is 3. The molecule has 0 aromatic rings. The Morgan fingerprint density at radius 1 is 0.284 bits per heavy atom. The molecule has 0 rings (SSSR count). The molecule has 0 aliphatic rings. The molecule has 0 aliphatic heterocycles. The van der Waals surface area contributed by atoms with Gasteiger partial charge >= 0.3 is 17.9 Å². The van der Waals surface area contributed by atoms with Gasteiger partial charge in [0.1, 0.15) is 13.2 Å². The maximum Gasteiger partial charge on any atom is 0.306 e. The Balaban J connectivity index is 4.32. The molecular formula is C68H112O6. The molecule has 0 radical (unpaired) electrons. The lowest BCUT2D eigenvalue weighted by Crippen LogP contribution is -2.30. The van der Waals surface area contributed by atoms with Gasteiger partial charge in [0, 0.05) is 19.3 Å². The Bertz CT molecular complexity index is 1550. The summed E-state index contributed by atoms with van der Waals surface area (Å²) in [5.41, 5.74) is 0. The summed E-state index contributed by atoms with van der Waals surface area (Å²) in [7, 11) is 0. The Labute approximate surface area is 456 Å². The van der Waals surface area contributed by atoms with Gasteiger partial charge in [-0.3, -0.25) is 14.4 Å². The van der Waals surface area contributed by atoms with E-state index in [1.165, 1.54) is 96.3 Å². The van der Waals surface area contributed by atoms with E-state index in [1.807, 2.05) is 0 Å². The van der Waals surface area contributed by atoms with Crippen molar-refractivity contribution in [3.63, 3.8) is 0 Å². The van der Waals surface area contributed by atoms with Crippen LogP contribution in [0.3, 0.4) is 0 Å². The average Bonchev–Trinajstić information content (AvgIpc) is 3.40. The van der Waals surface area contributed by atoms with Crippen molar-refractivity contribution >= 4 is 17.9 Å². The van der Waals surface area contributed by atoms with Gasteiger partial charge in [0.25, 0.3) is 0 Å². The molecule has 1 atom stereocenters. The highest BCUT2D eigenvalue weighted by atomic mass is 16.6. The normalized spacial score (nSPS) is 13.0. The van der Waals surface area contributed by atoms with Crippen molar-refractivity contribution in [1.82, 2.24) is 0 Å². The van der Waals surface area contributed by atoms with E-state index in [1.54, 1.807) is 0 Å². The van der Waals surface area contributed by atoms with Crippen molar-refractivity contribution in [1.29, 1.82) is 0 Å². The number of carbonyl (C=O) groups is 3. The summed E-state index contributed by atoms with van der Waals surface area (Å²) in [5, 5.41) is 0. The molecule has 0 heterocycles. The molecule has 0 fully saturated rings. The van der Waals surface area contributed by atoms with Gasteiger partial charge in [-0.05, 0) is 116 Å². The first-order chi connectivity index (χ1) is 36.5. The Morgan fingerprint density at radius 3 is 0.838 bits per heavy atom. The largest absolute Gasteiger partial charge is 0.462 e. The molecule has 0 amide bonds. The molecule has 0 aromatic heterocycles. The van der Waals surface area contributed by atoms with E-state index < -0.39 is 6.10 Å². The SMILES string of the molecule is CC/C=C\C/C=C\C/C=C\C/C=C\C/C=C\C/C=C\C/C=C\C/C=C\CCCCCCC(=O)OCC(COC(=O)CCCCCCCCCCC)OC(=O)CCCCCCCCC/C=C\C/C=C\CCCCCC. The molecule has 0 saturated carbocycles. The van der Waals surface area contributed by atoms with Crippen LogP contribution in [0, 0.1) is 0 Å². The highest BCUT2D eigenvalue weighted by molar-refractivity contribution is 5.71. The molecule has 0 bridgehead atoms. The molecule has 420 valence electrons. The van der Waals surface area contributed by atoms with Gasteiger partial charge in [0.05, 0.1) is 0 Å². The van der Waals surface area contributed by atoms with Crippen LogP contribution in [0.5, 0.6) is 0 Å². The van der Waals surface area contributed by atoms with E-state index in [9.17, 15) is 14.4 Å². The standard InChI is InChI=1S/C68H112O6/c1-4-7-10-13-16-19-21-23-25-27-29-30-31-32-33-34-35-36-37-38-39-41-42-44-46-49-52-55-58-61-67(70)73-64-65(63-72-66(69)60-57-54-51-48-18-15-12-9-6-3)74-68(71)62-59-56-53-50-47-45-43-40-28-26-24-22-20-17-14-11-8-5-2/h7,10,16,19-20,22-23,25-26,28-30,32-33,35-36,38-39,42,44,65H,4-6,8-9,11-15,17-18,21,24,27,31,34,37,40-41,43,45-64H2,1-3H3/b10-7-,19-16-,22-20-,25-23-,28-26-,30-29-,33-32-,36-35-,39-38-,44-42-. The third-order valence-electron chi connectivity index (χ3n) is 12.7. The number of hydrogen-bond acceptors (Lipinski definition) is 6. The zero-order chi connectivity index (χ0) is 53.6. The molecule has 0 spiro atoms. The molecule has 6 nitrogen and oxygen atoms in total. The predicted octanol–water partition coefficient (Wildman–Crippen LogP) is 20.8. The van der Waals surface area contributed by atoms with Gasteiger partial charge in [-0.25, -0.2) is 0 Å². The van der Waals surface area contributed by atoms with Crippen molar-refractivity contribution < 1.29 is 28.6 Å². The smallest absolute Gasteiger partial charge is 0.306 e. The number of esters is 3. The second kappa shape index (κ2) is 61.4. The maximum atomic E-state index is 12.9. The van der Waals surface area contributed by atoms with Crippen LogP contribution in [0.4, 0.5) is 0 Å². The minimum absolute atomic E-state index is 0.0902. The minimum Gasteiger partial charge on any atom is -0.462 e. The topological polar surface area (TPSA) is 78.9 Å². The lowest BCUT2D eigenvalue weighted by molar-refractivity contribution is -0.167. The third kappa shape index (κ3) is 58.7. The fourth-order valence-corrected chi connectivity index (χ4v) is 8.13. The lowest BCUT2D eigenvalue weighted by atomic mass is 10.1. The summed E-state index contributed by atoms with van der Waals surface area (Å²) in [6.07, 6.45) is 84.9. The van der Waals surface area contributed by atoms with E-state index in [-0.39, 0.29) is 31.1 Å². The molecule has 6 heteroatoms. The minimum atomic E-state index is -0.794. The maximum absolute atomic E-state index is 12.9. The summed E-state index contributed by atoms with van der Waals surface area (Å²) in [6.45, 7) is 6.46. The Kier molecular flexibility index (Phi) is 57.9. The van der Waals surface area contributed by atoms with E-state index >= 15 is 0 Å². The zero-order valence-electron chi connectivity index (χ0n) is 48.1. The average molecular weight is 1030 g/mol. The summed E-state index contributed by atoms with van der Waals surface area (Å²) < 4.78 is 16.8. The van der Waals surface area contributed by atoms with E-state index in [0.717, 1.165) is 135 Å². The van der Waals surface area contributed by atoms with Crippen molar-refractivity contribution in [2.75, 3.05) is 13.2 Å². The quantitative estimate of drug-likeness (QED) is 0.0261.